The van der Waals surface area contributed by atoms with Gasteiger partial charge in [0, 0.05) is 35.5 Å². The second-order valence-electron chi connectivity index (χ2n) is 5.78. The zero-order chi connectivity index (χ0) is 17.1. The van der Waals surface area contributed by atoms with Gasteiger partial charge in [0.25, 0.3) is 0 Å². The normalized spacial score (nSPS) is 10.6. The highest BCUT2D eigenvalue weighted by molar-refractivity contribution is 5.76. The van der Waals surface area contributed by atoms with Crippen molar-refractivity contribution in [3.63, 3.8) is 0 Å². The van der Waals surface area contributed by atoms with Crippen LogP contribution in [0.4, 0.5) is 17.1 Å². The van der Waals surface area contributed by atoms with Crippen LogP contribution in [0.15, 0.2) is 91.4 Å². The number of benzene rings is 2. The second-order valence-corrected chi connectivity index (χ2v) is 5.78. The maximum atomic E-state index is 6.24. The Bertz CT molecular complexity index is 976. The number of nitrogen functional groups attached to an aromatic ring is 1. The molecular weight excluding hydrogens is 308 g/mol. The van der Waals surface area contributed by atoms with Gasteiger partial charge in [-0.1, -0.05) is 18.2 Å². The van der Waals surface area contributed by atoms with Crippen LogP contribution in [0.25, 0.3) is 16.9 Å². The smallest absolute Gasteiger partial charge is 0.0702 e. The summed E-state index contributed by atoms with van der Waals surface area (Å²) in [4.78, 5) is 4.40. The van der Waals surface area contributed by atoms with E-state index in [9.17, 15) is 0 Å². The van der Waals surface area contributed by atoms with Crippen LogP contribution in [-0.2, 0) is 0 Å². The third-order valence-corrected chi connectivity index (χ3v) is 4.04. The molecule has 0 amide bonds. The fourth-order valence-electron chi connectivity index (χ4n) is 2.78. The molecule has 0 aliphatic rings. The van der Waals surface area contributed by atoms with Crippen molar-refractivity contribution in [2.24, 2.45) is 0 Å². The minimum atomic E-state index is 0.703. The van der Waals surface area contributed by atoms with Gasteiger partial charge < -0.3 is 15.6 Å². The summed E-state index contributed by atoms with van der Waals surface area (Å²) in [6.45, 7) is 0. The van der Waals surface area contributed by atoms with Crippen LogP contribution in [0.3, 0.4) is 0 Å². The quantitative estimate of drug-likeness (QED) is 0.526. The lowest BCUT2D eigenvalue weighted by Gasteiger charge is -2.12. The van der Waals surface area contributed by atoms with Crippen LogP contribution in [0.5, 0.6) is 0 Å². The molecule has 0 unspecified atom stereocenters. The van der Waals surface area contributed by atoms with Gasteiger partial charge in [-0.15, -0.1) is 0 Å². The minimum Gasteiger partial charge on any atom is -0.397 e. The Morgan fingerprint density at radius 1 is 0.840 bits per heavy atom. The molecule has 0 bridgehead atoms. The first-order valence-electron chi connectivity index (χ1n) is 8.11. The minimum absolute atomic E-state index is 0.703. The summed E-state index contributed by atoms with van der Waals surface area (Å²) in [5.41, 5.74) is 11.8. The van der Waals surface area contributed by atoms with Gasteiger partial charge in [-0.25, -0.2) is 0 Å². The Kier molecular flexibility index (Phi) is 3.92. The highest BCUT2D eigenvalue weighted by atomic mass is 15.0. The predicted octanol–water partition coefficient (Wildman–Crippen LogP) is 4.87. The Hall–Kier alpha value is -3.53. The number of rotatable bonds is 4. The number of nitrogens with two attached hydrogens (primary N) is 1. The zero-order valence-corrected chi connectivity index (χ0v) is 13.6. The molecule has 0 aliphatic heterocycles. The van der Waals surface area contributed by atoms with Gasteiger partial charge in [-0.05, 0) is 54.6 Å². The average molecular weight is 326 g/mol. The molecule has 2 heterocycles. The second kappa shape index (κ2) is 6.53. The van der Waals surface area contributed by atoms with Crippen LogP contribution in [0, 0.1) is 0 Å². The first-order valence-corrected chi connectivity index (χ1v) is 8.11. The SMILES string of the molecule is Nc1cc(-n2cccc2)ccc1Nc1cccc(-c2ccccn2)c1. The number of nitrogens with zero attached hydrogens (tertiary/aromatic N) is 2. The molecule has 0 saturated carbocycles. The molecule has 122 valence electrons. The highest BCUT2D eigenvalue weighted by Crippen LogP contribution is 2.28. The number of pyridine rings is 1. The molecule has 0 saturated heterocycles. The molecule has 0 spiro atoms. The number of anilines is 3. The van der Waals surface area contributed by atoms with E-state index in [2.05, 4.69) is 16.4 Å². The summed E-state index contributed by atoms with van der Waals surface area (Å²) in [5.74, 6) is 0. The summed E-state index contributed by atoms with van der Waals surface area (Å²) in [7, 11) is 0. The molecule has 4 rings (SSSR count). The van der Waals surface area contributed by atoms with E-state index in [4.69, 9.17) is 5.73 Å². The van der Waals surface area contributed by atoms with Crippen LogP contribution in [-0.4, -0.2) is 9.55 Å². The van der Waals surface area contributed by atoms with E-state index in [1.165, 1.54) is 0 Å². The van der Waals surface area contributed by atoms with Gasteiger partial charge in [0.05, 0.1) is 17.1 Å². The fraction of sp³-hybridized carbons (Fsp3) is 0. The van der Waals surface area contributed by atoms with Gasteiger partial charge in [-0.3, -0.25) is 4.98 Å². The maximum Gasteiger partial charge on any atom is 0.0702 e. The molecule has 4 nitrogen and oxygen atoms in total. The first-order chi connectivity index (χ1) is 12.3. The lowest BCUT2D eigenvalue weighted by molar-refractivity contribution is 1.08. The van der Waals surface area contributed by atoms with Crippen LogP contribution in [0.2, 0.25) is 0 Å². The third-order valence-electron chi connectivity index (χ3n) is 4.04. The number of hydrogen-bond acceptors (Lipinski definition) is 3. The Balaban J connectivity index is 1.60. The van der Waals surface area contributed by atoms with Gasteiger partial charge in [0.2, 0.25) is 0 Å². The Morgan fingerprint density at radius 2 is 1.72 bits per heavy atom. The zero-order valence-electron chi connectivity index (χ0n) is 13.6. The predicted molar refractivity (Wildman–Crippen MR) is 103 cm³/mol. The molecule has 0 fully saturated rings. The monoisotopic (exact) mass is 326 g/mol. The number of nitrogens with one attached hydrogen (secondary N) is 1. The summed E-state index contributed by atoms with van der Waals surface area (Å²) in [6.07, 6.45) is 5.80. The Labute approximate surface area is 146 Å². The molecule has 2 aromatic carbocycles. The van der Waals surface area contributed by atoms with E-state index >= 15 is 0 Å². The van der Waals surface area contributed by atoms with Gasteiger partial charge in [0.1, 0.15) is 0 Å². The molecule has 3 N–H and O–H groups in total. The van der Waals surface area contributed by atoms with Crippen molar-refractivity contribution in [2.75, 3.05) is 11.1 Å². The van der Waals surface area contributed by atoms with E-state index in [1.54, 1.807) is 6.20 Å². The largest absolute Gasteiger partial charge is 0.397 e. The average Bonchev–Trinajstić information content (AvgIpc) is 3.19. The van der Waals surface area contributed by atoms with Crippen molar-refractivity contribution in [1.29, 1.82) is 0 Å². The molecule has 2 aromatic heterocycles. The van der Waals surface area contributed by atoms with Crippen molar-refractivity contribution in [1.82, 2.24) is 9.55 Å². The lowest BCUT2D eigenvalue weighted by Crippen LogP contribution is -1.99. The fourth-order valence-corrected chi connectivity index (χ4v) is 2.78. The molecule has 0 atom stereocenters. The van der Waals surface area contributed by atoms with Gasteiger partial charge in [-0.2, -0.15) is 0 Å². The van der Waals surface area contributed by atoms with E-state index in [-0.39, 0.29) is 0 Å². The van der Waals surface area contributed by atoms with Gasteiger partial charge >= 0.3 is 0 Å². The van der Waals surface area contributed by atoms with E-state index in [0.29, 0.717) is 5.69 Å². The summed E-state index contributed by atoms with van der Waals surface area (Å²) >= 11 is 0. The molecule has 0 aliphatic carbocycles. The third kappa shape index (κ3) is 3.23. The summed E-state index contributed by atoms with van der Waals surface area (Å²) < 4.78 is 2.03. The van der Waals surface area contributed by atoms with Crippen molar-refractivity contribution in [3.05, 3.63) is 91.4 Å². The highest BCUT2D eigenvalue weighted by Gasteiger charge is 2.04. The molecular formula is C21H18N4. The van der Waals surface area contributed by atoms with Crippen LogP contribution >= 0.6 is 0 Å². The van der Waals surface area contributed by atoms with E-state index in [0.717, 1.165) is 28.3 Å². The van der Waals surface area contributed by atoms with Crippen molar-refractivity contribution < 1.29 is 0 Å². The van der Waals surface area contributed by atoms with Crippen molar-refractivity contribution in [3.8, 4) is 16.9 Å². The van der Waals surface area contributed by atoms with Crippen molar-refractivity contribution in [2.45, 2.75) is 0 Å². The number of hydrogen-bond donors (Lipinski definition) is 2. The number of aromatic nitrogens is 2. The molecule has 4 heteroatoms. The molecule has 25 heavy (non-hydrogen) atoms. The molecule has 4 aromatic rings. The Morgan fingerprint density at radius 3 is 2.48 bits per heavy atom. The van der Waals surface area contributed by atoms with E-state index in [1.807, 2.05) is 83.7 Å². The standard InChI is InChI=1S/C21H18N4/c22-19-15-18(25-12-3-4-13-25)9-10-21(19)24-17-7-5-6-16(14-17)20-8-1-2-11-23-20/h1-15,24H,22H2. The first kappa shape index (κ1) is 15.0. The topological polar surface area (TPSA) is 55.9 Å². The summed E-state index contributed by atoms with van der Waals surface area (Å²) in [6, 6.07) is 24.0. The van der Waals surface area contributed by atoms with Crippen LogP contribution in [0.1, 0.15) is 0 Å². The summed E-state index contributed by atoms with van der Waals surface area (Å²) in [5, 5.41) is 3.39. The van der Waals surface area contributed by atoms with Crippen molar-refractivity contribution >= 4 is 17.1 Å². The molecule has 0 radical (unpaired) electrons. The van der Waals surface area contributed by atoms with E-state index < -0.39 is 0 Å². The lowest BCUT2D eigenvalue weighted by atomic mass is 10.1. The van der Waals surface area contributed by atoms with Gasteiger partial charge in [0.15, 0.2) is 0 Å². The maximum absolute atomic E-state index is 6.24. The van der Waals surface area contributed by atoms with Crippen LogP contribution < -0.4 is 11.1 Å².